The van der Waals surface area contributed by atoms with Crippen molar-refractivity contribution in [2.45, 2.75) is 6.92 Å². The molecule has 0 saturated heterocycles. The Morgan fingerprint density at radius 1 is 1.17 bits per heavy atom. The van der Waals surface area contributed by atoms with Crippen LogP contribution in [-0.4, -0.2) is 14.2 Å². The molecule has 6 heavy (non-hydrogen) atoms. The first-order valence-corrected chi connectivity index (χ1v) is 1.72. The topological polar surface area (TPSA) is 18.5 Å². The highest BCUT2D eigenvalue weighted by Gasteiger charge is 1.69. The van der Waals surface area contributed by atoms with Crippen molar-refractivity contribution >= 4 is 0 Å². The molecule has 38 valence electrons. The van der Waals surface area contributed by atoms with E-state index >= 15 is 0 Å². The molecule has 0 N–H and O–H groups in total. The van der Waals surface area contributed by atoms with Crippen LogP contribution in [0.5, 0.6) is 0 Å². The minimum absolute atomic E-state index is 0.593. The lowest BCUT2D eigenvalue weighted by molar-refractivity contribution is 0.0138. The van der Waals surface area contributed by atoms with Gasteiger partial charge in [0.1, 0.15) is 0 Å². The maximum absolute atomic E-state index is 4.59. The maximum atomic E-state index is 4.59. The molecule has 0 rings (SSSR count). The molecule has 0 spiro atoms. The molecule has 0 unspecified atom stereocenters. The van der Waals surface area contributed by atoms with Gasteiger partial charge in [0.05, 0.1) is 0 Å². The van der Waals surface area contributed by atoms with Gasteiger partial charge in [-0.2, -0.15) is 0 Å². The van der Waals surface area contributed by atoms with Gasteiger partial charge in [-0.1, -0.05) is 6.29 Å². The van der Waals surface area contributed by atoms with Crippen molar-refractivity contribution in [1.82, 2.24) is 0 Å². The summed E-state index contributed by atoms with van der Waals surface area (Å²) in [6, 6.07) is 0. The fourth-order valence-electron chi connectivity index (χ4n) is 0.0833. The van der Waals surface area contributed by atoms with E-state index in [1.165, 1.54) is 0 Å². The second-order valence-corrected chi connectivity index (χ2v) is 0.900. The molecule has 2 nitrogen and oxygen atoms in total. The van der Waals surface area contributed by atoms with Gasteiger partial charge in [0.2, 0.25) is 0 Å². The lowest BCUT2D eigenvalue weighted by Crippen LogP contribution is -1.94. The van der Waals surface area contributed by atoms with E-state index in [2.05, 4.69) is 9.47 Å². The highest BCUT2D eigenvalue weighted by Crippen LogP contribution is 1.94. The van der Waals surface area contributed by atoms with Crippen molar-refractivity contribution in [2.24, 2.45) is 0 Å². The smallest absolute Gasteiger partial charge is 0.00126 e. The van der Waals surface area contributed by atoms with Crippen LogP contribution < -0.4 is 0 Å². The van der Waals surface area contributed by atoms with Crippen molar-refractivity contribution in [3.05, 3.63) is 6.29 Å². The molecule has 0 aromatic heterocycles. The molecule has 0 aromatic carbocycles. The van der Waals surface area contributed by atoms with E-state index < -0.39 is 0 Å². The third kappa shape index (κ3) is 2.18. The van der Waals surface area contributed by atoms with Gasteiger partial charge in [-0.25, -0.2) is 0 Å². The molecule has 2 heteroatoms. The van der Waals surface area contributed by atoms with E-state index in [0.29, 0.717) is 6.29 Å². The van der Waals surface area contributed by atoms with Crippen LogP contribution in [0.4, 0.5) is 0 Å². The summed E-state index contributed by atoms with van der Waals surface area (Å²) in [4.78, 5) is 0. The zero-order valence-electron chi connectivity index (χ0n) is 4.32. The van der Waals surface area contributed by atoms with Gasteiger partial charge in [0.25, 0.3) is 0 Å². The summed E-state index contributed by atoms with van der Waals surface area (Å²) in [5, 5.41) is 0. The SMILES string of the molecule is CO[C-](C)OC. The van der Waals surface area contributed by atoms with Crippen molar-refractivity contribution in [1.29, 1.82) is 0 Å². The molecule has 0 radical (unpaired) electrons. The normalized spacial score (nSPS) is 10.0. The van der Waals surface area contributed by atoms with Gasteiger partial charge in [-0.05, 0) is 0 Å². The Balaban J connectivity index is 2.75. The minimum Gasteiger partial charge on any atom is -0.524 e. The summed E-state index contributed by atoms with van der Waals surface area (Å²) in [5.74, 6) is 0. The molecule has 0 bridgehead atoms. The van der Waals surface area contributed by atoms with Gasteiger partial charge in [0.15, 0.2) is 0 Å². The first-order valence-electron chi connectivity index (χ1n) is 1.72. The second-order valence-electron chi connectivity index (χ2n) is 0.900. The predicted octanol–water partition coefficient (Wildman–Crippen LogP) is 0.789. The fraction of sp³-hybridized carbons (Fsp3) is 0.750. The summed E-state index contributed by atoms with van der Waals surface area (Å²) < 4.78 is 9.19. The number of hydrogen-bond acceptors (Lipinski definition) is 2. The Kier molecular flexibility index (Phi) is 3.08. The molecule has 0 saturated carbocycles. The van der Waals surface area contributed by atoms with E-state index in [9.17, 15) is 0 Å². The minimum atomic E-state index is 0.593. The first-order chi connectivity index (χ1) is 2.81. The molecule has 0 atom stereocenters. The summed E-state index contributed by atoms with van der Waals surface area (Å²) >= 11 is 0. The number of hydrogen-bond donors (Lipinski definition) is 0. The molecule has 0 aliphatic rings. The van der Waals surface area contributed by atoms with Gasteiger partial charge in [0, 0.05) is 14.2 Å². The lowest BCUT2D eigenvalue weighted by Gasteiger charge is -2.20. The van der Waals surface area contributed by atoms with E-state index in [4.69, 9.17) is 0 Å². The third-order valence-corrected chi connectivity index (χ3v) is 0.575. The Labute approximate surface area is 38.1 Å². The Morgan fingerprint density at radius 2 is 1.50 bits per heavy atom. The van der Waals surface area contributed by atoms with Gasteiger partial charge < -0.3 is 9.47 Å². The van der Waals surface area contributed by atoms with Crippen LogP contribution in [-0.2, 0) is 9.47 Å². The zero-order chi connectivity index (χ0) is 4.99. The number of rotatable bonds is 2. The summed E-state index contributed by atoms with van der Waals surface area (Å²) in [5.41, 5.74) is 0. The van der Waals surface area contributed by atoms with Crippen LogP contribution in [0.2, 0.25) is 0 Å². The average molecular weight is 89.1 g/mol. The Hall–Kier alpha value is -0.0800. The zero-order valence-corrected chi connectivity index (χ0v) is 4.32. The number of ether oxygens (including phenoxy) is 2. The van der Waals surface area contributed by atoms with Gasteiger partial charge in [-0.15, -0.1) is 6.92 Å². The lowest BCUT2D eigenvalue weighted by atomic mass is 10.8. The average Bonchev–Trinajstić information content (AvgIpc) is 1.65. The van der Waals surface area contributed by atoms with Crippen LogP contribution in [0.3, 0.4) is 0 Å². The molecule has 0 fully saturated rings. The summed E-state index contributed by atoms with van der Waals surface area (Å²) in [6.45, 7) is 1.75. The third-order valence-electron chi connectivity index (χ3n) is 0.575. The Morgan fingerprint density at radius 3 is 1.50 bits per heavy atom. The van der Waals surface area contributed by atoms with Crippen LogP contribution >= 0.6 is 0 Å². The summed E-state index contributed by atoms with van der Waals surface area (Å²) in [6.07, 6.45) is 0.593. The van der Waals surface area contributed by atoms with Crippen LogP contribution in [0.1, 0.15) is 6.92 Å². The monoisotopic (exact) mass is 89.1 g/mol. The van der Waals surface area contributed by atoms with E-state index in [0.717, 1.165) is 0 Å². The molecule has 0 amide bonds. The number of methoxy groups -OCH3 is 2. The molecule has 0 aliphatic carbocycles. The molecular formula is C4H9O2-. The van der Waals surface area contributed by atoms with Crippen molar-refractivity contribution < 1.29 is 9.47 Å². The predicted molar refractivity (Wildman–Crippen MR) is 22.9 cm³/mol. The van der Waals surface area contributed by atoms with E-state index in [1.54, 1.807) is 21.1 Å². The highest BCUT2D eigenvalue weighted by atomic mass is 16.7. The Bertz CT molecular complexity index is 24.7. The standard InChI is InChI=1S/C4H9O2/c1-4(5-2)6-3/h1-3H3/q-1. The first kappa shape index (κ1) is 5.92. The highest BCUT2D eigenvalue weighted by molar-refractivity contribution is 4.47. The van der Waals surface area contributed by atoms with Crippen molar-refractivity contribution in [2.75, 3.05) is 14.2 Å². The summed E-state index contributed by atoms with van der Waals surface area (Å²) in [7, 11) is 3.14. The molecular weight excluding hydrogens is 80.0 g/mol. The molecule has 0 aromatic rings. The van der Waals surface area contributed by atoms with E-state index in [1.807, 2.05) is 0 Å². The molecule has 0 heterocycles. The van der Waals surface area contributed by atoms with Crippen molar-refractivity contribution in [3.63, 3.8) is 0 Å². The maximum Gasteiger partial charge on any atom is 0.00126 e. The van der Waals surface area contributed by atoms with Crippen LogP contribution in [0.25, 0.3) is 0 Å². The largest absolute Gasteiger partial charge is 0.524 e. The van der Waals surface area contributed by atoms with Gasteiger partial charge in [-0.3, -0.25) is 0 Å². The quantitative estimate of drug-likeness (QED) is 0.465. The van der Waals surface area contributed by atoms with Gasteiger partial charge >= 0.3 is 0 Å². The van der Waals surface area contributed by atoms with Crippen LogP contribution in [0.15, 0.2) is 0 Å². The fourth-order valence-corrected chi connectivity index (χ4v) is 0.0833. The van der Waals surface area contributed by atoms with Crippen molar-refractivity contribution in [3.8, 4) is 0 Å². The van der Waals surface area contributed by atoms with Crippen LogP contribution in [0, 0.1) is 6.29 Å². The van der Waals surface area contributed by atoms with E-state index in [-0.39, 0.29) is 0 Å². The molecule has 0 aliphatic heterocycles. The second kappa shape index (κ2) is 3.12.